The zero-order chi connectivity index (χ0) is 12.3. The van der Waals surface area contributed by atoms with Crippen LogP contribution in [0.3, 0.4) is 0 Å². The molecule has 0 bridgehead atoms. The normalized spacial score (nSPS) is 10.6. The maximum Gasteiger partial charge on any atom is 0.311 e. The Labute approximate surface area is 89.2 Å². The van der Waals surface area contributed by atoms with Gasteiger partial charge in [-0.05, 0) is 6.07 Å². The van der Waals surface area contributed by atoms with E-state index in [1.54, 1.807) is 0 Å². The smallest absolute Gasteiger partial charge is 0.311 e. The highest BCUT2D eigenvalue weighted by Crippen LogP contribution is 2.22. The summed E-state index contributed by atoms with van der Waals surface area (Å²) in [5.74, 6) is -1.76. The lowest BCUT2D eigenvalue weighted by atomic mass is 10.2. The average molecular weight is 234 g/mol. The van der Waals surface area contributed by atoms with E-state index in [0.717, 1.165) is 13.2 Å². The van der Waals surface area contributed by atoms with Crippen LogP contribution in [0.2, 0.25) is 0 Å². The van der Waals surface area contributed by atoms with E-state index in [1.807, 2.05) is 0 Å². The van der Waals surface area contributed by atoms with Crippen LogP contribution in [0.4, 0.5) is 18.9 Å². The minimum atomic E-state index is -2.88. The predicted octanol–water partition coefficient (Wildman–Crippen LogP) is 1.46. The van der Waals surface area contributed by atoms with Crippen LogP contribution < -0.4 is 5.73 Å². The third-order valence-electron chi connectivity index (χ3n) is 1.84. The molecule has 0 spiro atoms. The van der Waals surface area contributed by atoms with Crippen molar-refractivity contribution in [2.45, 2.75) is 12.8 Å². The maximum atomic E-state index is 13.3. The number of aromatic nitrogens is 1. The molecule has 16 heavy (non-hydrogen) atoms. The van der Waals surface area contributed by atoms with Crippen molar-refractivity contribution in [1.29, 1.82) is 0 Å². The number of anilines is 1. The van der Waals surface area contributed by atoms with Gasteiger partial charge in [-0.25, -0.2) is 18.2 Å². The van der Waals surface area contributed by atoms with Gasteiger partial charge >= 0.3 is 5.97 Å². The van der Waals surface area contributed by atoms with Crippen molar-refractivity contribution >= 4 is 11.7 Å². The van der Waals surface area contributed by atoms with Crippen LogP contribution in [-0.2, 0) is 16.0 Å². The molecule has 0 saturated carbocycles. The van der Waals surface area contributed by atoms with Crippen molar-refractivity contribution in [2.24, 2.45) is 0 Å². The Morgan fingerprint density at radius 2 is 2.25 bits per heavy atom. The zero-order valence-electron chi connectivity index (χ0n) is 8.34. The number of esters is 1. The van der Waals surface area contributed by atoms with E-state index in [2.05, 4.69) is 9.72 Å². The molecule has 0 radical (unpaired) electrons. The molecule has 1 aromatic rings. The summed E-state index contributed by atoms with van der Waals surface area (Å²) in [7, 11) is 1.10. The van der Waals surface area contributed by atoms with Gasteiger partial charge in [0.05, 0.1) is 24.9 Å². The lowest BCUT2D eigenvalue weighted by Gasteiger charge is -2.07. The van der Waals surface area contributed by atoms with Gasteiger partial charge in [-0.15, -0.1) is 0 Å². The Hall–Kier alpha value is -1.79. The number of methoxy groups -OCH3 is 1. The minimum absolute atomic E-state index is 0.442. The van der Waals surface area contributed by atoms with Crippen LogP contribution in [0.1, 0.15) is 17.8 Å². The molecule has 0 atom stereocenters. The fourth-order valence-corrected chi connectivity index (χ4v) is 1.06. The summed E-state index contributed by atoms with van der Waals surface area (Å²) in [4.78, 5) is 14.2. The molecule has 88 valence electrons. The van der Waals surface area contributed by atoms with Crippen LogP contribution in [0.25, 0.3) is 0 Å². The highest BCUT2D eigenvalue weighted by Gasteiger charge is 2.18. The van der Waals surface area contributed by atoms with Gasteiger partial charge in [0.2, 0.25) is 0 Å². The second-order valence-electron chi connectivity index (χ2n) is 2.95. The molecule has 0 aliphatic carbocycles. The van der Waals surface area contributed by atoms with Crippen molar-refractivity contribution in [3.8, 4) is 0 Å². The fourth-order valence-electron chi connectivity index (χ4n) is 1.06. The monoisotopic (exact) mass is 234 g/mol. The Morgan fingerprint density at radius 1 is 1.62 bits per heavy atom. The van der Waals surface area contributed by atoms with Crippen LogP contribution >= 0.6 is 0 Å². The Balaban J connectivity index is 3.11. The molecule has 7 heteroatoms. The number of halogens is 3. The molecule has 2 N–H and O–H groups in total. The summed E-state index contributed by atoms with van der Waals surface area (Å²) in [5, 5.41) is 0. The van der Waals surface area contributed by atoms with E-state index < -0.39 is 41.7 Å². The number of nitrogens with two attached hydrogens (primary N) is 1. The van der Waals surface area contributed by atoms with Crippen molar-refractivity contribution < 1.29 is 22.7 Å². The third kappa shape index (κ3) is 2.62. The summed E-state index contributed by atoms with van der Waals surface area (Å²) < 4.78 is 42.2. The van der Waals surface area contributed by atoms with Crippen LogP contribution in [0.5, 0.6) is 0 Å². The summed E-state index contributed by atoms with van der Waals surface area (Å²) >= 11 is 0. The molecule has 0 aliphatic rings. The summed E-state index contributed by atoms with van der Waals surface area (Å²) in [5.41, 5.74) is 3.60. The number of pyridine rings is 1. The van der Waals surface area contributed by atoms with Gasteiger partial charge in [0.1, 0.15) is 5.69 Å². The zero-order valence-corrected chi connectivity index (χ0v) is 8.34. The minimum Gasteiger partial charge on any atom is -0.469 e. The molecule has 1 rings (SSSR count). The quantitative estimate of drug-likeness (QED) is 0.804. The van der Waals surface area contributed by atoms with E-state index in [1.165, 1.54) is 0 Å². The molecular formula is C9H9F3N2O2. The number of carbonyl (C=O) groups excluding carboxylic acids is 1. The number of nitrogen functional groups attached to an aromatic ring is 1. The highest BCUT2D eigenvalue weighted by molar-refractivity contribution is 5.72. The Morgan fingerprint density at radius 3 is 2.75 bits per heavy atom. The molecule has 0 amide bonds. The summed E-state index contributed by atoms with van der Waals surface area (Å²) in [6, 6.07) is 0.737. The van der Waals surface area contributed by atoms with Gasteiger partial charge < -0.3 is 10.5 Å². The number of carbonyl (C=O) groups is 1. The van der Waals surface area contributed by atoms with Gasteiger partial charge in [-0.2, -0.15) is 0 Å². The molecule has 1 aromatic heterocycles. The first kappa shape index (κ1) is 12.3. The van der Waals surface area contributed by atoms with Crippen LogP contribution in [-0.4, -0.2) is 18.1 Å². The maximum absolute atomic E-state index is 13.3. The first-order chi connectivity index (χ1) is 7.45. The molecule has 0 aromatic carbocycles. The molecule has 0 aliphatic heterocycles. The lowest BCUT2D eigenvalue weighted by Crippen LogP contribution is -2.11. The van der Waals surface area contributed by atoms with Gasteiger partial charge in [0.15, 0.2) is 5.82 Å². The number of hydrogen-bond donors (Lipinski definition) is 1. The number of rotatable bonds is 3. The third-order valence-corrected chi connectivity index (χ3v) is 1.84. The number of alkyl halides is 2. The predicted molar refractivity (Wildman–Crippen MR) is 49.3 cm³/mol. The average Bonchev–Trinajstić information content (AvgIpc) is 2.23. The second kappa shape index (κ2) is 4.82. The molecule has 0 saturated heterocycles. The number of hydrogen-bond acceptors (Lipinski definition) is 4. The van der Waals surface area contributed by atoms with E-state index in [0.29, 0.717) is 0 Å². The molecule has 0 unspecified atom stereocenters. The molecular weight excluding hydrogens is 225 g/mol. The van der Waals surface area contributed by atoms with E-state index in [9.17, 15) is 18.0 Å². The van der Waals surface area contributed by atoms with E-state index >= 15 is 0 Å². The standard InChI is InChI=1S/C9H9F3N2O2/c1-16-7(15)3-5-8(10)4(13)2-6(14-5)9(11)12/h2,9H,3H2,1H3,(H2,13,14). The van der Waals surface area contributed by atoms with Crippen LogP contribution in [0, 0.1) is 5.82 Å². The van der Waals surface area contributed by atoms with Crippen molar-refractivity contribution in [1.82, 2.24) is 4.98 Å². The second-order valence-corrected chi connectivity index (χ2v) is 2.95. The van der Waals surface area contributed by atoms with Crippen LogP contribution in [0.15, 0.2) is 6.07 Å². The summed E-state index contributed by atoms with van der Waals surface area (Å²) in [6.45, 7) is 0. The first-order valence-electron chi connectivity index (χ1n) is 4.25. The topological polar surface area (TPSA) is 65.2 Å². The SMILES string of the molecule is COC(=O)Cc1nc(C(F)F)cc(N)c1F. The molecule has 4 nitrogen and oxygen atoms in total. The Bertz CT molecular complexity index is 410. The van der Waals surface area contributed by atoms with Gasteiger partial charge in [0.25, 0.3) is 6.43 Å². The molecule has 0 fully saturated rings. The van der Waals surface area contributed by atoms with Crippen molar-refractivity contribution in [3.63, 3.8) is 0 Å². The number of nitrogens with zero attached hydrogens (tertiary/aromatic N) is 1. The van der Waals surface area contributed by atoms with Crippen molar-refractivity contribution in [2.75, 3.05) is 12.8 Å². The highest BCUT2D eigenvalue weighted by atomic mass is 19.3. The van der Waals surface area contributed by atoms with Gasteiger partial charge in [-0.1, -0.05) is 0 Å². The van der Waals surface area contributed by atoms with E-state index in [-0.39, 0.29) is 0 Å². The van der Waals surface area contributed by atoms with Gasteiger partial charge in [-0.3, -0.25) is 4.79 Å². The fraction of sp³-hybridized carbons (Fsp3) is 0.333. The first-order valence-corrected chi connectivity index (χ1v) is 4.25. The lowest BCUT2D eigenvalue weighted by molar-refractivity contribution is -0.139. The van der Waals surface area contributed by atoms with Gasteiger partial charge in [0, 0.05) is 0 Å². The molecule has 1 heterocycles. The van der Waals surface area contributed by atoms with Crippen molar-refractivity contribution in [3.05, 3.63) is 23.3 Å². The Kier molecular flexibility index (Phi) is 3.70. The number of ether oxygens (including phenoxy) is 1. The van der Waals surface area contributed by atoms with E-state index in [4.69, 9.17) is 5.73 Å². The summed E-state index contributed by atoms with van der Waals surface area (Å²) in [6.07, 6.45) is -3.41. The largest absolute Gasteiger partial charge is 0.469 e.